The van der Waals surface area contributed by atoms with Crippen LogP contribution in [0.2, 0.25) is 0 Å². The van der Waals surface area contributed by atoms with Crippen LogP contribution < -0.4 is 4.90 Å². The zero-order valence-electron chi connectivity index (χ0n) is 12.9. The van der Waals surface area contributed by atoms with Crippen LogP contribution in [0.4, 0.5) is 5.82 Å². The van der Waals surface area contributed by atoms with Crippen molar-refractivity contribution in [2.24, 2.45) is 0 Å². The smallest absolute Gasteiger partial charge is 0.274 e. The molecule has 7 heteroatoms. The molecule has 0 atom stereocenters. The maximum Gasteiger partial charge on any atom is 0.274 e. The van der Waals surface area contributed by atoms with Gasteiger partial charge in [-0.25, -0.2) is 9.97 Å². The van der Waals surface area contributed by atoms with Gasteiger partial charge in [0.15, 0.2) is 0 Å². The van der Waals surface area contributed by atoms with Crippen molar-refractivity contribution in [2.45, 2.75) is 12.3 Å². The maximum atomic E-state index is 12.7. The zero-order valence-corrected chi connectivity index (χ0v) is 13.7. The molecule has 2 aliphatic heterocycles. The Morgan fingerprint density at radius 3 is 2.74 bits per heavy atom. The molecular weight excluding hydrogens is 310 g/mol. The molecule has 1 saturated heterocycles. The second kappa shape index (κ2) is 6.23. The molecule has 0 radical (unpaired) electrons. The molecule has 0 aromatic carbocycles. The molecule has 0 bridgehead atoms. The molecule has 0 N–H and O–H groups in total. The van der Waals surface area contributed by atoms with Gasteiger partial charge in [-0.3, -0.25) is 4.79 Å². The molecule has 4 heterocycles. The number of carbonyl (C=O) groups is 1. The molecule has 4 rings (SSSR count). The van der Waals surface area contributed by atoms with Gasteiger partial charge in [0.1, 0.15) is 17.3 Å². The molecule has 0 aliphatic carbocycles. The Balaban J connectivity index is 1.42. The normalized spacial score (nSPS) is 17.9. The summed E-state index contributed by atoms with van der Waals surface area (Å²) < 4.78 is 2.12. The van der Waals surface area contributed by atoms with Gasteiger partial charge in [-0.2, -0.15) is 11.8 Å². The molecule has 2 aromatic heterocycles. The molecule has 2 aromatic rings. The number of rotatable bonds is 2. The van der Waals surface area contributed by atoms with Crippen molar-refractivity contribution >= 4 is 23.5 Å². The number of nitrogens with zero attached hydrogens (tertiary/aromatic N) is 5. The summed E-state index contributed by atoms with van der Waals surface area (Å²) in [6.45, 7) is 4.00. The van der Waals surface area contributed by atoms with Gasteiger partial charge in [-0.15, -0.1) is 0 Å². The molecule has 1 amide bonds. The first-order chi connectivity index (χ1) is 11.3. The fourth-order valence-electron chi connectivity index (χ4n) is 3.03. The van der Waals surface area contributed by atoms with Gasteiger partial charge >= 0.3 is 0 Å². The first-order valence-corrected chi connectivity index (χ1v) is 9.06. The Morgan fingerprint density at radius 2 is 2.00 bits per heavy atom. The van der Waals surface area contributed by atoms with Crippen molar-refractivity contribution in [3.63, 3.8) is 0 Å². The summed E-state index contributed by atoms with van der Waals surface area (Å²) >= 11 is 1.87. The van der Waals surface area contributed by atoms with Crippen molar-refractivity contribution in [1.82, 2.24) is 19.4 Å². The number of aromatic nitrogens is 3. The van der Waals surface area contributed by atoms with Crippen molar-refractivity contribution in [3.05, 3.63) is 42.1 Å². The van der Waals surface area contributed by atoms with E-state index >= 15 is 0 Å². The van der Waals surface area contributed by atoms with Crippen LogP contribution in [-0.2, 0) is 12.3 Å². The molecule has 120 valence electrons. The van der Waals surface area contributed by atoms with E-state index in [1.807, 2.05) is 41.1 Å². The summed E-state index contributed by atoms with van der Waals surface area (Å²) in [6.07, 6.45) is 3.73. The Labute approximate surface area is 139 Å². The van der Waals surface area contributed by atoms with E-state index in [9.17, 15) is 4.79 Å². The van der Waals surface area contributed by atoms with Gasteiger partial charge < -0.3 is 14.4 Å². The number of piperazine rings is 1. The SMILES string of the molecule is O=C(c1cn2c(n1)CSCC2)N1CCN(c2ccccn2)CC1. The summed E-state index contributed by atoms with van der Waals surface area (Å²) in [5.74, 6) is 4.06. The molecule has 0 spiro atoms. The summed E-state index contributed by atoms with van der Waals surface area (Å²) in [7, 11) is 0. The van der Waals surface area contributed by atoms with Gasteiger partial charge in [0, 0.05) is 50.9 Å². The summed E-state index contributed by atoms with van der Waals surface area (Å²) in [5.41, 5.74) is 0.591. The van der Waals surface area contributed by atoms with Crippen LogP contribution >= 0.6 is 11.8 Å². The number of pyridine rings is 1. The number of aryl methyl sites for hydroxylation is 1. The van der Waals surface area contributed by atoms with Crippen LogP contribution in [0.1, 0.15) is 16.3 Å². The van der Waals surface area contributed by atoms with E-state index in [0.29, 0.717) is 18.8 Å². The highest BCUT2D eigenvalue weighted by Gasteiger charge is 2.25. The zero-order chi connectivity index (χ0) is 15.6. The predicted molar refractivity (Wildman–Crippen MR) is 90.7 cm³/mol. The molecule has 0 unspecified atom stereocenters. The average molecular weight is 329 g/mol. The number of anilines is 1. The third kappa shape index (κ3) is 2.93. The van der Waals surface area contributed by atoms with Gasteiger partial charge in [0.05, 0.1) is 5.75 Å². The Morgan fingerprint density at radius 1 is 1.13 bits per heavy atom. The van der Waals surface area contributed by atoms with Gasteiger partial charge in [0.2, 0.25) is 0 Å². The fourth-order valence-corrected chi connectivity index (χ4v) is 3.92. The van der Waals surface area contributed by atoms with E-state index in [4.69, 9.17) is 0 Å². The molecule has 23 heavy (non-hydrogen) atoms. The number of thioether (sulfide) groups is 1. The van der Waals surface area contributed by atoms with Gasteiger partial charge in [0.25, 0.3) is 5.91 Å². The Hall–Kier alpha value is -2.02. The standard InChI is InChI=1S/C16H19N5OS/c22-16(13-11-21-9-10-23-12-15(21)18-13)20-7-5-19(6-8-20)14-3-1-2-4-17-14/h1-4,11H,5-10,12H2. The highest BCUT2D eigenvalue weighted by atomic mass is 32.2. The van der Waals surface area contributed by atoms with E-state index in [0.717, 1.165) is 42.8 Å². The number of imidazole rings is 1. The lowest BCUT2D eigenvalue weighted by molar-refractivity contribution is 0.0741. The van der Waals surface area contributed by atoms with Crippen molar-refractivity contribution < 1.29 is 4.79 Å². The number of fused-ring (bicyclic) bond motifs is 1. The van der Waals surface area contributed by atoms with Crippen LogP contribution in [0.25, 0.3) is 0 Å². The topological polar surface area (TPSA) is 54.3 Å². The average Bonchev–Trinajstić information content (AvgIpc) is 3.06. The first-order valence-electron chi connectivity index (χ1n) is 7.90. The minimum atomic E-state index is 0.0533. The highest BCUT2D eigenvalue weighted by Crippen LogP contribution is 2.20. The van der Waals surface area contributed by atoms with E-state index in [1.54, 1.807) is 6.20 Å². The second-order valence-electron chi connectivity index (χ2n) is 5.76. The summed E-state index contributed by atoms with van der Waals surface area (Å²) in [5, 5.41) is 0. The van der Waals surface area contributed by atoms with Crippen LogP contribution in [0.5, 0.6) is 0 Å². The molecule has 0 saturated carbocycles. The highest BCUT2D eigenvalue weighted by molar-refractivity contribution is 7.98. The molecule has 2 aliphatic rings. The van der Waals surface area contributed by atoms with Crippen LogP contribution in [0.15, 0.2) is 30.6 Å². The van der Waals surface area contributed by atoms with Gasteiger partial charge in [-0.05, 0) is 12.1 Å². The Bertz CT molecular complexity index is 670. The summed E-state index contributed by atoms with van der Waals surface area (Å²) in [4.78, 5) is 25.7. The van der Waals surface area contributed by atoms with E-state index in [1.165, 1.54) is 0 Å². The van der Waals surface area contributed by atoms with E-state index in [2.05, 4.69) is 19.4 Å². The van der Waals surface area contributed by atoms with Gasteiger partial charge in [-0.1, -0.05) is 6.07 Å². The summed E-state index contributed by atoms with van der Waals surface area (Å²) in [6, 6.07) is 5.92. The van der Waals surface area contributed by atoms with E-state index in [-0.39, 0.29) is 5.91 Å². The number of hydrogen-bond donors (Lipinski definition) is 0. The number of amides is 1. The lowest BCUT2D eigenvalue weighted by Crippen LogP contribution is -2.49. The monoisotopic (exact) mass is 329 g/mol. The van der Waals surface area contributed by atoms with Crippen LogP contribution in [0, 0.1) is 0 Å². The van der Waals surface area contributed by atoms with Crippen molar-refractivity contribution in [1.29, 1.82) is 0 Å². The lowest BCUT2D eigenvalue weighted by Gasteiger charge is -2.35. The first kappa shape index (κ1) is 14.6. The van der Waals surface area contributed by atoms with Crippen LogP contribution in [0.3, 0.4) is 0 Å². The largest absolute Gasteiger partial charge is 0.353 e. The molecule has 1 fully saturated rings. The van der Waals surface area contributed by atoms with Crippen molar-refractivity contribution in [2.75, 3.05) is 36.8 Å². The van der Waals surface area contributed by atoms with Crippen LogP contribution in [-0.4, -0.2) is 57.3 Å². The quantitative estimate of drug-likeness (QED) is 0.835. The lowest BCUT2D eigenvalue weighted by atomic mass is 10.2. The Kier molecular flexibility index (Phi) is 3.95. The number of carbonyl (C=O) groups excluding carboxylic acids is 1. The van der Waals surface area contributed by atoms with Crippen molar-refractivity contribution in [3.8, 4) is 0 Å². The predicted octanol–water partition coefficient (Wildman–Crippen LogP) is 1.49. The molecule has 6 nitrogen and oxygen atoms in total. The minimum Gasteiger partial charge on any atom is -0.353 e. The fraction of sp³-hybridized carbons (Fsp3) is 0.438. The number of hydrogen-bond acceptors (Lipinski definition) is 5. The third-order valence-corrected chi connectivity index (χ3v) is 5.26. The third-order valence-electron chi connectivity index (χ3n) is 4.33. The maximum absolute atomic E-state index is 12.7. The minimum absolute atomic E-state index is 0.0533. The molecular formula is C16H19N5OS. The second-order valence-corrected chi connectivity index (χ2v) is 6.86. The van der Waals surface area contributed by atoms with E-state index < -0.39 is 0 Å².